The van der Waals surface area contributed by atoms with E-state index in [2.05, 4.69) is 20.9 Å². The molecule has 0 unspecified atom stereocenters. The van der Waals surface area contributed by atoms with E-state index >= 15 is 0 Å². The van der Waals surface area contributed by atoms with Crippen LogP contribution in [0.15, 0.2) is 53.5 Å². The highest BCUT2D eigenvalue weighted by molar-refractivity contribution is 6.30. The third-order valence-electron chi connectivity index (χ3n) is 3.69. The van der Waals surface area contributed by atoms with E-state index < -0.39 is 6.04 Å². The quantitative estimate of drug-likeness (QED) is 0.769. The maximum absolute atomic E-state index is 12.4. The van der Waals surface area contributed by atoms with E-state index in [1.54, 1.807) is 55.6 Å². The molecular weight excluding hydrogens is 356 g/mol. The van der Waals surface area contributed by atoms with Crippen molar-refractivity contribution in [2.75, 3.05) is 17.7 Å². The number of nitrogens with zero attached hydrogens (tertiary/aromatic N) is 1. The Hall–Kier alpha value is -3.06. The molecule has 0 saturated heterocycles. The lowest BCUT2D eigenvalue weighted by atomic mass is 10.1. The molecule has 0 radical (unpaired) electrons. The molecule has 8 heteroatoms. The number of guanidine groups is 1. The minimum absolute atomic E-state index is 0.0206. The Balaban J connectivity index is 1.70. The number of ether oxygens (including phenoxy) is 1. The Morgan fingerprint density at radius 2 is 1.81 bits per heavy atom. The van der Waals surface area contributed by atoms with Crippen LogP contribution in [0.25, 0.3) is 0 Å². The van der Waals surface area contributed by atoms with Crippen LogP contribution >= 0.6 is 11.6 Å². The first-order chi connectivity index (χ1) is 12.5. The number of methoxy groups -OCH3 is 1. The van der Waals surface area contributed by atoms with Crippen LogP contribution in [-0.2, 0) is 9.59 Å². The number of amides is 2. The van der Waals surface area contributed by atoms with Crippen LogP contribution in [0.4, 0.5) is 11.4 Å². The predicted octanol–water partition coefficient (Wildman–Crippen LogP) is 2.64. The molecule has 134 valence electrons. The zero-order valence-corrected chi connectivity index (χ0v) is 14.7. The zero-order valence-electron chi connectivity index (χ0n) is 14.0. The molecule has 0 saturated carbocycles. The summed E-state index contributed by atoms with van der Waals surface area (Å²) in [5.74, 6) is 0.288. The molecule has 0 fully saturated rings. The number of hydrogen-bond acceptors (Lipinski definition) is 5. The minimum Gasteiger partial charge on any atom is -0.497 e. The van der Waals surface area contributed by atoms with Gasteiger partial charge in [-0.05, 0) is 48.5 Å². The number of carbonyl (C=O) groups excluding carboxylic acids is 2. The van der Waals surface area contributed by atoms with Gasteiger partial charge in [0.25, 0.3) is 0 Å². The molecule has 3 rings (SSSR count). The molecule has 1 aliphatic rings. The summed E-state index contributed by atoms with van der Waals surface area (Å²) >= 11 is 5.83. The normalized spacial score (nSPS) is 16.3. The lowest BCUT2D eigenvalue weighted by Crippen LogP contribution is -2.45. The Labute approximate surface area is 155 Å². The van der Waals surface area contributed by atoms with E-state index in [1.807, 2.05) is 0 Å². The van der Waals surface area contributed by atoms with E-state index in [0.717, 1.165) is 0 Å². The van der Waals surface area contributed by atoms with Crippen LogP contribution in [0.3, 0.4) is 0 Å². The highest BCUT2D eigenvalue weighted by atomic mass is 35.5. The number of hydrogen-bond donors (Lipinski definition) is 3. The third-order valence-corrected chi connectivity index (χ3v) is 3.94. The summed E-state index contributed by atoms with van der Waals surface area (Å²) in [6.45, 7) is 0. The molecule has 3 N–H and O–H groups in total. The van der Waals surface area contributed by atoms with Crippen molar-refractivity contribution < 1.29 is 14.3 Å². The number of anilines is 2. The fourth-order valence-electron chi connectivity index (χ4n) is 2.38. The molecule has 1 atom stereocenters. The van der Waals surface area contributed by atoms with Gasteiger partial charge in [-0.25, -0.2) is 4.99 Å². The lowest BCUT2D eigenvalue weighted by molar-refractivity contribution is -0.124. The molecule has 0 aromatic heterocycles. The molecule has 1 heterocycles. The lowest BCUT2D eigenvalue weighted by Gasteiger charge is -2.21. The first kappa shape index (κ1) is 17.8. The van der Waals surface area contributed by atoms with Gasteiger partial charge in [-0.15, -0.1) is 0 Å². The van der Waals surface area contributed by atoms with Crippen molar-refractivity contribution in [2.24, 2.45) is 4.99 Å². The summed E-state index contributed by atoms with van der Waals surface area (Å²) in [4.78, 5) is 28.6. The van der Waals surface area contributed by atoms with Gasteiger partial charge in [0.05, 0.1) is 13.5 Å². The maximum Gasteiger partial charge on any atom is 0.249 e. The summed E-state index contributed by atoms with van der Waals surface area (Å²) in [6, 6.07) is 13.0. The van der Waals surface area contributed by atoms with E-state index in [9.17, 15) is 9.59 Å². The van der Waals surface area contributed by atoms with Gasteiger partial charge in [0, 0.05) is 16.4 Å². The van der Waals surface area contributed by atoms with Gasteiger partial charge in [-0.2, -0.15) is 0 Å². The van der Waals surface area contributed by atoms with Crippen LogP contribution in [0, 0.1) is 0 Å². The molecular formula is C18H17ClN4O3. The summed E-state index contributed by atoms with van der Waals surface area (Å²) in [5.41, 5.74) is 1.30. The highest BCUT2D eigenvalue weighted by Crippen LogP contribution is 2.17. The van der Waals surface area contributed by atoms with Crippen molar-refractivity contribution in [3.63, 3.8) is 0 Å². The average molecular weight is 373 g/mol. The van der Waals surface area contributed by atoms with Gasteiger partial charge in [0.15, 0.2) is 0 Å². The number of carbonyl (C=O) groups is 2. The van der Waals surface area contributed by atoms with Crippen LogP contribution in [0.1, 0.15) is 6.42 Å². The van der Waals surface area contributed by atoms with Gasteiger partial charge in [-0.1, -0.05) is 11.6 Å². The van der Waals surface area contributed by atoms with Crippen LogP contribution in [0.2, 0.25) is 5.02 Å². The first-order valence-electron chi connectivity index (χ1n) is 7.88. The van der Waals surface area contributed by atoms with Crippen LogP contribution in [-0.4, -0.2) is 30.9 Å². The fourth-order valence-corrected chi connectivity index (χ4v) is 2.50. The van der Waals surface area contributed by atoms with Crippen molar-refractivity contribution in [1.82, 2.24) is 5.32 Å². The predicted molar refractivity (Wildman–Crippen MR) is 101 cm³/mol. The van der Waals surface area contributed by atoms with Gasteiger partial charge in [0.1, 0.15) is 11.8 Å². The van der Waals surface area contributed by atoms with Crippen LogP contribution in [0.5, 0.6) is 5.75 Å². The third kappa shape index (κ3) is 4.52. The van der Waals surface area contributed by atoms with Crippen molar-refractivity contribution in [3.8, 4) is 5.75 Å². The first-order valence-corrected chi connectivity index (χ1v) is 8.26. The van der Waals surface area contributed by atoms with Crippen LogP contribution < -0.4 is 20.7 Å². The molecule has 2 aromatic rings. The molecule has 0 spiro atoms. The van der Waals surface area contributed by atoms with Crippen molar-refractivity contribution >= 4 is 40.7 Å². The standard InChI is InChI=1S/C18H17ClN4O3/c1-26-14-8-6-13(7-9-14)21-18-22-15(10-16(24)23-18)17(25)20-12-4-2-11(19)3-5-12/h2-9,15H,10H2,1H3,(H,20,25)(H2,21,22,23,24)/t15-/m0/s1. The summed E-state index contributed by atoms with van der Waals surface area (Å²) in [6.07, 6.45) is -0.0206. The molecule has 1 aliphatic heterocycles. The molecule has 7 nitrogen and oxygen atoms in total. The number of aliphatic imine (C=N–C) groups is 1. The number of nitrogens with one attached hydrogen (secondary N) is 3. The average Bonchev–Trinajstić information content (AvgIpc) is 2.64. The van der Waals surface area contributed by atoms with E-state index in [0.29, 0.717) is 22.1 Å². The number of rotatable bonds is 4. The minimum atomic E-state index is -0.819. The van der Waals surface area contributed by atoms with Gasteiger partial charge < -0.3 is 15.4 Å². The van der Waals surface area contributed by atoms with E-state index in [-0.39, 0.29) is 24.2 Å². The number of halogens is 1. The highest BCUT2D eigenvalue weighted by Gasteiger charge is 2.27. The van der Waals surface area contributed by atoms with Gasteiger partial charge in [0.2, 0.25) is 17.8 Å². The van der Waals surface area contributed by atoms with E-state index in [4.69, 9.17) is 16.3 Å². The zero-order chi connectivity index (χ0) is 18.5. The van der Waals surface area contributed by atoms with Crippen molar-refractivity contribution in [3.05, 3.63) is 53.6 Å². The summed E-state index contributed by atoms with van der Waals surface area (Å²) < 4.78 is 5.10. The molecule has 2 amide bonds. The largest absolute Gasteiger partial charge is 0.497 e. The Morgan fingerprint density at radius 3 is 2.46 bits per heavy atom. The monoisotopic (exact) mass is 372 g/mol. The number of benzene rings is 2. The maximum atomic E-state index is 12.4. The Kier molecular flexibility index (Phi) is 5.38. The Bertz CT molecular complexity index is 835. The van der Waals surface area contributed by atoms with Crippen molar-refractivity contribution in [2.45, 2.75) is 12.5 Å². The second kappa shape index (κ2) is 7.88. The van der Waals surface area contributed by atoms with Gasteiger partial charge >= 0.3 is 0 Å². The summed E-state index contributed by atoms with van der Waals surface area (Å²) in [7, 11) is 1.58. The summed E-state index contributed by atoms with van der Waals surface area (Å²) in [5, 5.41) is 8.91. The molecule has 0 aliphatic carbocycles. The molecule has 2 aromatic carbocycles. The van der Waals surface area contributed by atoms with E-state index in [1.165, 1.54) is 0 Å². The second-order valence-corrected chi connectivity index (χ2v) is 6.03. The topological polar surface area (TPSA) is 91.8 Å². The molecule has 26 heavy (non-hydrogen) atoms. The van der Waals surface area contributed by atoms with Gasteiger partial charge in [-0.3, -0.25) is 14.9 Å². The van der Waals surface area contributed by atoms with Crippen molar-refractivity contribution in [1.29, 1.82) is 0 Å². The second-order valence-electron chi connectivity index (χ2n) is 5.60. The molecule has 0 bridgehead atoms. The SMILES string of the molecule is COc1ccc(NC2=N[C@H](C(=O)Nc3ccc(Cl)cc3)CC(=O)N2)cc1. The smallest absolute Gasteiger partial charge is 0.249 e. The Morgan fingerprint density at radius 1 is 1.15 bits per heavy atom. The fraction of sp³-hybridized carbons (Fsp3) is 0.167.